The summed E-state index contributed by atoms with van der Waals surface area (Å²) in [6.45, 7) is 16.1. The molecule has 0 aliphatic heterocycles. The van der Waals surface area contributed by atoms with Crippen LogP contribution in [-0.2, 0) is 5.41 Å². The van der Waals surface area contributed by atoms with Gasteiger partial charge in [-0.15, -0.1) is 0 Å². The molecule has 0 aromatic heterocycles. The minimum Gasteiger partial charge on any atom is -0.508 e. The Balaban J connectivity index is 3.23. The number of aromatic hydroxyl groups is 1. The van der Waals surface area contributed by atoms with Crippen molar-refractivity contribution in [2.24, 2.45) is 10.8 Å². The summed E-state index contributed by atoms with van der Waals surface area (Å²) >= 11 is 0. The first-order valence-corrected chi connectivity index (χ1v) is 6.29. The molecule has 0 saturated carbocycles. The molecule has 0 radical (unpaired) electrons. The van der Waals surface area contributed by atoms with Gasteiger partial charge in [-0.3, -0.25) is 0 Å². The maximum absolute atomic E-state index is 9.39. The summed E-state index contributed by atoms with van der Waals surface area (Å²) in [5, 5.41) is 9.39. The highest BCUT2D eigenvalue weighted by atomic mass is 16.3. The van der Waals surface area contributed by atoms with Gasteiger partial charge in [-0.05, 0) is 33.9 Å². The van der Waals surface area contributed by atoms with Crippen molar-refractivity contribution in [3.8, 4) is 5.75 Å². The fourth-order valence-corrected chi connectivity index (χ4v) is 2.18. The Morgan fingerprint density at radius 2 is 1.18 bits per heavy atom. The minimum atomic E-state index is 0.0545. The van der Waals surface area contributed by atoms with Crippen LogP contribution >= 0.6 is 0 Å². The molecule has 0 aliphatic rings. The van der Waals surface area contributed by atoms with Gasteiger partial charge in [0, 0.05) is 0 Å². The first-order chi connectivity index (χ1) is 7.50. The van der Waals surface area contributed by atoms with Crippen molar-refractivity contribution < 1.29 is 5.11 Å². The molecule has 1 rings (SSSR count). The van der Waals surface area contributed by atoms with E-state index in [0.717, 1.165) is 0 Å². The fourth-order valence-electron chi connectivity index (χ4n) is 2.18. The van der Waals surface area contributed by atoms with Gasteiger partial charge in [0.1, 0.15) is 5.75 Å². The Labute approximate surface area is 106 Å². The van der Waals surface area contributed by atoms with Gasteiger partial charge < -0.3 is 5.11 Å². The normalized spacial score (nSPS) is 13.8. The summed E-state index contributed by atoms with van der Waals surface area (Å²) in [5.41, 5.74) is 1.69. The van der Waals surface area contributed by atoms with E-state index in [1.807, 2.05) is 12.1 Å². The Kier molecular flexibility index (Phi) is 3.35. The molecule has 0 fully saturated rings. The topological polar surface area (TPSA) is 20.2 Å². The number of hydrogen-bond acceptors (Lipinski definition) is 1. The van der Waals surface area contributed by atoms with Crippen molar-refractivity contribution in [1.29, 1.82) is 0 Å². The molecule has 0 bridgehead atoms. The third-order valence-electron chi connectivity index (χ3n) is 5.03. The molecule has 0 unspecified atom stereocenters. The molecular formula is C16H26O. The van der Waals surface area contributed by atoms with Gasteiger partial charge in [-0.1, -0.05) is 60.6 Å². The van der Waals surface area contributed by atoms with Gasteiger partial charge in [0.2, 0.25) is 0 Å². The standard InChI is InChI=1S/C16H26O/c1-14(2,3)16(6,7)15(4,5)12-8-10-13(17)11-9-12/h8-11,17H,1-7H3. The van der Waals surface area contributed by atoms with Gasteiger partial charge in [-0.25, -0.2) is 0 Å². The van der Waals surface area contributed by atoms with Gasteiger partial charge >= 0.3 is 0 Å². The van der Waals surface area contributed by atoms with Crippen molar-refractivity contribution >= 4 is 0 Å². The van der Waals surface area contributed by atoms with Crippen LogP contribution in [0.4, 0.5) is 0 Å². The van der Waals surface area contributed by atoms with Crippen LogP contribution in [0.3, 0.4) is 0 Å². The molecule has 0 atom stereocenters. The zero-order chi connectivity index (χ0) is 13.5. The van der Waals surface area contributed by atoms with Gasteiger partial charge in [0.05, 0.1) is 0 Å². The van der Waals surface area contributed by atoms with Crippen molar-refractivity contribution in [2.45, 2.75) is 53.9 Å². The average Bonchev–Trinajstić information content (AvgIpc) is 2.16. The van der Waals surface area contributed by atoms with Crippen LogP contribution in [0.2, 0.25) is 0 Å². The van der Waals surface area contributed by atoms with E-state index in [0.29, 0.717) is 5.75 Å². The van der Waals surface area contributed by atoms with E-state index in [-0.39, 0.29) is 16.2 Å². The monoisotopic (exact) mass is 234 g/mol. The van der Waals surface area contributed by atoms with Crippen LogP contribution in [0, 0.1) is 10.8 Å². The smallest absolute Gasteiger partial charge is 0.115 e. The first kappa shape index (κ1) is 14.1. The summed E-state index contributed by atoms with van der Waals surface area (Å²) < 4.78 is 0. The predicted octanol–water partition coefficient (Wildman–Crippen LogP) is 4.74. The second-order valence-corrected chi connectivity index (χ2v) is 7.05. The van der Waals surface area contributed by atoms with E-state index in [1.54, 1.807) is 12.1 Å². The van der Waals surface area contributed by atoms with Crippen molar-refractivity contribution in [2.75, 3.05) is 0 Å². The average molecular weight is 234 g/mol. The van der Waals surface area contributed by atoms with Gasteiger partial charge in [0.15, 0.2) is 0 Å². The van der Waals surface area contributed by atoms with Gasteiger partial charge in [-0.2, -0.15) is 0 Å². The molecule has 17 heavy (non-hydrogen) atoms. The first-order valence-electron chi connectivity index (χ1n) is 6.29. The molecule has 0 spiro atoms. The van der Waals surface area contributed by atoms with E-state index in [1.165, 1.54) is 5.56 Å². The molecule has 0 amide bonds. The minimum absolute atomic E-state index is 0.0545. The van der Waals surface area contributed by atoms with Crippen molar-refractivity contribution in [3.05, 3.63) is 29.8 Å². The molecule has 1 heteroatoms. The van der Waals surface area contributed by atoms with E-state index >= 15 is 0 Å². The van der Waals surface area contributed by atoms with Crippen LogP contribution in [-0.4, -0.2) is 5.11 Å². The lowest BCUT2D eigenvalue weighted by Gasteiger charge is -2.51. The highest BCUT2D eigenvalue weighted by Crippen LogP contribution is 2.52. The summed E-state index contributed by atoms with van der Waals surface area (Å²) in [6.07, 6.45) is 0. The molecule has 1 aromatic carbocycles. The highest BCUT2D eigenvalue weighted by Gasteiger charge is 2.46. The molecule has 0 heterocycles. The number of phenols is 1. The lowest BCUT2D eigenvalue weighted by atomic mass is 9.53. The molecule has 0 aliphatic carbocycles. The summed E-state index contributed by atoms with van der Waals surface area (Å²) in [5.74, 6) is 0.332. The van der Waals surface area contributed by atoms with Crippen molar-refractivity contribution in [3.63, 3.8) is 0 Å². The number of benzene rings is 1. The Morgan fingerprint density at radius 1 is 0.765 bits per heavy atom. The van der Waals surface area contributed by atoms with Crippen LogP contribution < -0.4 is 0 Å². The zero-order valence-electron chi connectivity index (χ0n) is 12.3. The van der Waals surface area contributed by atoms with Crippen LogP contribution in [0.1, 0.15) is 54.0 Å². The second kappa shape index (κ2) is 4.04. The fraction of sp³-hybridized carbons (Fsp3) is 0.625. The Morgan fingerprint density at radius 3 is 1.53 bits per heavy atom. The predicted molar refractivity (Wildman–Crippen MR) is 74.4 cm³/mol. The summed E-state index contributed by atoms with van der Waals surface area (Å²) in [7, 11) is 0. The molecular weight excluding hydrogens is 208 g/mol. The van der Waals surface area contributed by atoms with E-state index in [2.05, 4.69) is 48.5 Å². The SMILES string of the molecule is CC(C)(C)C(C)(C)C(C)(C)c1ccc(O)cc1. The van der Waals surface area contributed by atoms with E-state index in [4.69, 9.17) is 0 Å². The molecule has 96 valence electrons. The Bertz CT molecular complexity index is 377. The number of rotatable bonds is 2. The van der Waals surface area contributed by atoms with Crippen molar-refractivity contribution in [1.82, 2.24) is 0 Å². The highest BCUT2D eigenvalue weighted by molar-refractivity contribution is 5.32. The lowest BCUT2D eigenvalue weighted by molar-refractivity contribution is 0.0455. The second-order valence-electron chi connectivity index (χ2n) is 7.05. The zero-order valence-corrected chi connectivity index (χ0v) is 12.3. The maximum Gasteiger partial charge on any atom is 0.115 e. The number of hydrogen-bond donors (Lipinski definition) is 1. The van der Waals surface area contributed by atoms with E-state index < -0.39 is 0 Å². The van der Waals surface area contributed by atoms with E-state index in [9.17, 15) is 5.11 Å². The molecule has 0 saturated heterocycles. The number of phenolic OH excluding ortho intramolecular Hbond substituents is 1. The summed E-state index contributed by atoms with van der Waals surface area (Å²) in [4.78, 5) is 0. The third kappa shape index (κ3) is 2.34. The maximum atomic E-state index is 9.39. The lowest BCUT2D eigenvalue weighted by Crippen LogP contribution is -2.45. The summed E-state index contributed by atoms with van der Waals surface area (Å²) in [6, 6.07) is 7.61. The molecule has 1 N–H and O–H groups in total. The third-order valence-corrected chi connectivity index (χ3v) is 5.03. The Hall–Kier alpha value is -0.980. The van der Waals surface area contributed by atoms with Gasteiger partial charge in [0.25, 0.3) is 0 Å². The molecule has 1 nitrogen and oxygen atoms in total. The molecule has 1 aromatic rings. The van der Waals surface area contributed by atoms with Crippen LogP contribution in [0.15, 0.2) is 24.3 Å². The van der Waals surface area contributed by atoms with Crippen LogP contribution in [0.25, 0.3) is 0 Å². The largest absolute Gasteiger partial charge is 0.508 e. The van der Waals surface area contributed by atoms with Crippen LogP contribution in [0.5, 0.6) is 5.75 Å². The quantitative estimate of drug-likeness (QED) is 0.783.